The van der Waals surface area contributed by atoms with E-state index in [9.17, 15) is 15.0 Å². The van der Waals surface area contributed by atoms with Crippen LogP contribution in [0.1, 0.15) is 27.0 Å². The van der Waals surface area contributed by atoms with Crippen LogP contribution in [0.2, 0.25) is 18.1 Å². The Kier molecular flexibility index (Phi) is 5.21. The fraction of sp³-hybridized carbons (Fsp3) is 0.733. The van der Waals surface area contributed by atoms with Crippen LogP contribution in [0.15, 0.2) is 17.1 Å². The van der Waals surface area contributed by atoms with Crippen LogP contribution in [-0.4, -0.2) is 53.0 Å². The van der Waals surface area contributed by atoms with Crippen LogP contribution in [0.5, 0.6) is 0 Å². The van der Waals surface area contributed by atoms with Crippen molar-refractivity contribution in [3.05, 3.63) is 22.7 Å². The molecule has 1 aromatic heterocycles. The average molecular weight is 357 g/mol. The van der Waals surface area contributed by atoms with E-state index in [1.54, 1.807) is 0 Å². The van der Waals surface area contributed by atoms with Crippen LogP contribution < -0.4 is 11.4 Å². The van der Waals surface area contributed by atoms with Gasteiger partial charge in [0.05, 0.1) is 6.61 Å². The molecule has 1 saturated heterocycles. The molecule has 0 saturated carbocycles. The number of aliphatic hydroxyl groups excluding tert-OH is 2. The van der Waals surface area contributed by atoms with Gasteiger partial charge in [0.1, 0.15) is 24.1 Å². The van der Waals surface area contributed by atoms with E-state index in [2.05, 4.69) is 38.8 Å². The molecule has 0 aromatic carbocycles. The van der Waals surface area contributed by atoms with E-state index in [4.69, 9.17) is 14.9 Å². The van der Waals surface area contributed by atoms with Crippen molar-refractivity contribution < 1.29 is 19.4 Å². The molecule has 0 unspecified atom stereocenters. The monoisotopic (exact) mass is 357 g/mol. The van der Waals surface area contributed by atoms with Crippen LogP contribution in [0.3, 0.4) is 0 Å². The Morgan fingerprint density at radius 1 is 1.38 bits per heavy atom. The first kappa shape index (κ1) is 19.1. The zero-order valence-electron chi connectivity index (χ0n) is 14.8. The molecule has 1 aliphatic heterocycles. The van der Waals surface area contributed by atoms with Gasteiger partial charge in [0.2, 0.25) is 0 Å². The molecule has 0 aliphatic carbocycles. The highest BCUT2D eigenvalue weighted by Gasteiger charge is 2.46. The molecular weight excluding hydrogens is 330 g/mol. The number of aromatic nitrogens is 2. The second-order valence-electron chi connectivity index (χ2n) is 7.66. The van der Waals surface area contributed by atoms with Gasteiger partial charge in [-0.05, 0) is 24.2 Å². The Labute approximate surface area is 142 Å². The van der Waals surface area contributed by atoms with E-state index in [-0.39, 0.29) is 17.5 Å². The summed E-state index contributed by atoms with van der Waals surface area (Å²) in [5.41, 5.74) is 4.82. The van der Waals surface area contributed by atoms with Gasteiger partial charge in [-0.25, -0.2) is 4.79 Å². The van der Waals surface area contributed by atoms with Crippen LogP contribution in [-0.2, 0) is 9.16 Å². The van der Waals surface area contributed by atoms with Gasteiger partial charge in [0.25, 0.3) is 0 Å². The van der Waals surface area contributed by atoms with Gasteiger partial charge in [-0.15, -0.1) is 0 Å². The number of nitrogens with two attached hydrogens (primary N) is 1. The summed E-state index contributed by atoms with van der Waals surface area (Å²) in [6.07, 6.45) is -2.75. The highest BCUT2D eigenvalue weighted by Crippen LogP contribution is 2.37. The largest absolute Gasteiger partial charge is 0.414 e. The number of anilines is 1. The van der Waals surface area contributed by atoms with Gasteiger partial charge >= 0.3 is 5.69 Å². The van der Waals surface area contributed by atoms with Gasteiger partial charge in [0.15, 0.2) is 14.5 Å². The number of nitrogen functional groups attached to an aromatic ring is 1. The van der Waals surface area contributed by atoms with Gasteiger partial charge in [-0.3, -0.25) is 4.57 Å². The molecule has 1 fully saturated rings. The number of nitrogens with zero attached hydrogens (tertiary/aromatic N) is 2. The molecule has 9 heteroatoms. The van der Waals surface area contributed by atoms with E-state index in [1.165, 1.54) is 12.3 Å². The third-order valence-electron chi connectivity index (χ3n) is 4.88. The second kappa shape index (κ2) is 6.56. The second-order valence-corrected chi connectivity index (χ2v) is 12.5. The van der Waals surface area contributed by atoms with E-state index in [1.807, 2.05) is 0 Å². The maximum atomic E-state index is 11.9. The van der Waals surface area contributed by atoms with Crippen LogP contribution in [0.4, 0.5) is 5.82 Å². The standard InChI is InChI=1S/C15H27N3O5Si/c1-15(2,3)24(4,5)22-8-9-11(19)12(20)13(23-9)18-7-6-10(16)17-14(18)21/h6-7,9,11-13,19-20H,8H2,1-5H3,(H2,16,17,21)/t9-,11-,12-,13-/m1/s1. The minimum absolute atomic E-state index is 0.0202. The maximum absolute atomic E-state index is 11.9. The molecule has 0 spiro atoms. The Balaban J connectivity index is 2.12. The quantitative estimate of drug-likeness (QED) is 0.670. The van der Waals surface area contributed by atoms with Crippen molar-refractivity contribution in [1.82, 2.24) is 9.55 Å². The zero-order chi connectivity index (χ0) is 18.3. The Morgan fingerprint density at radius 3 is 2.54 bits per heavy atom. The molecule has 2 heterocycles. The summed E-state index contributed by atoms with van der Waals surface area (Å²) in [5, 5.41) is 20.5. The van der Waals surface area contributed by atoms with E-state index in [0.717, 1.165) is 4.57 Å². The van der Waals surface area contributed by atoms with Gasteiger partial charge in [-0.2, -0.15) is 4.98 Å². The number of ether oxygens (including phenoxy) is 1. The molecule has 1 aromatic rings. The van der Waals surface area contributed by atoms with Gasteiger partial charge in [-0.1, -0.05) is 20.8 Å². The highest BCUT2D eigenvalue weighted by molar-refractivity contribution is 6.74. The molecule has 0 radical (unpaired) electrons. The zero-order valence-corrected chi connectivity index (χ0v) is 15.8. The minimum Gasteiger partial charge on any atom is -0.414 e. The van der Waals surface area contributed by atoms with Crippen molar-refractivity contribution in [3.8, 4) is 0 Å². The number of hydrogen-bond acceptors (Lipinski definition) is 7. The summed E-state index contributed by atoms with van der Waals surface area (Å²) in [7, 11) is -2.01. The van der Waals surface area contributed by atoms with Gasteiger partial charge < -0.3 is 25.1 Å². The third kappa shape index (κ3) is 3.70. The predicted molar refractivity (Wildman–Crippen MR) is 92.0 cm³/mol. The fourth-order valence-corrected chi connectivity index (χ4v) is 3.24. The summed E-state index contributed by atoms with van der Waals surface area (Å²) in [4.78, 5) is 15.5. The summed E-state index contributed by atoms with van der Waals surface area (Å²) in [5.74, 6) is 0.0853. The van der Waals surface area contributed by atoms with E-state index in [0.29, 0.717) is 0 Å². The van der Waals surface area contributed by atoms with Crippen LogP contribution in [0, 0.1) is 0 Å². The summed E-state index contributed by atoms with van der Waals surface area (Å²) in [6.45, 7) is 10.7. The van der Waals surface area contributed by atoms with Crippen molar-refractivity contribution in [2.45, 2.75) is 63.4 Å². The van der Waals surface area contributed by atoms with Crippen molar-refractivity contribution in [3.63, 3.8) is 0 Å². The molecule has 136 valence electrons. The lowest BCUT2D eigenvalue weighted by molar-refractivity contribution is -0.0530. The molecule has 4 atom stereocenters. The molecule has 2 rings (SSSR count). The Bertz CT molecular complexity index is 643. The summed E-state index contributed by atoms with van der Waals surface area (Å²) in [6, 6.07) is 1.43. The lowest BCUT2D eigenvalue weighted by atomic mass is 10.1. The van der Waals surface area contributed by atoms with Crippen molar-refractivity contribution in [1.29, 1.82) is 0 Å². The van der Waals surface area contributed by atoms with Crippen molar-refractivity contribution >= 4 is 14.1 Å². The molecular formula is C15H27N3O5Si. The topological polar surface area (TPSA) is 120 Å². The highest BCUT2D eigenvalue weighted by atomic mass is 28.4. The summed E-state index contributed by atoms with van der Waals surface area (Å²) >= 11 is 0. The van der Waals surface area contributed by atoms with Crippen molar-refractivity contribution in [2.75, 3.05) is 12.3 Å². The smallest absolute Gasteiger partial charge is 0.351 e. The Morgan fingerprint density at radius 2 is 2.00 bits per heavy atom. The van der Waals surface area contributed by atoms with Crippen LogP contribution >= 0.6 is 0 Å². The van der Waals surface area contributed by atoms with E-state index >= 15 is 0 Å². The third-order valence-corrected chi connectivity index (χ3v) is 9.38. The number of hydrogen-bond donors (Lipinski definition) is 3. The number of rotatable bonds is 4. The van der Waals surface area contributed by atoms with Gasteiger partial charge in [0, 0.05) is 6.20 Å². The number of aliphatic hydroxyl groups is 2. The maximum Gasteiger partial charge on any atom is 0.351 e. The van der Waals surface area contributed by atoms with Crippen LogP contribution in [0.25, 0.3) is 0 Å². The first-order valence-corrected chi connectivity index (χ1v) is 10.8. The fourth-order valence-electron chi connectivity index (χ4n) is 2.22. The molecule has 8 nitrogen and oxygen atoms in total. The first-order valence-electron chi connectivity index (χ1n) is 7.94. The SMILES string of the molecule is CC(C)(C)[Si](C)(C)OC[C@H]1O[C@@H](n2ccc(N)nc2=O)[C@H](O)[C@@H]1O. The summed E-state index contributed by atoms with van der Waals surface area (Å²) < 4.78 is 12.9. The first-order chi connectivity index (χ1) is 10.9. The molecule has 0 amide bonds. The minimum atomic E-state index is -2.01. The average Bonchev–Trinajstić information content (AvgIpc) is 2.72. The normalized spacial score (nSPS) is 28.3. The van der Waals surface area contributed by atoms with Crippen molar-refractivity contribution in [2.24, 2.45) is 0 Å². The Hall–Kier alpha value is -1.26. The lowest BCUT2D eigenvalue weighted by Crippen LogP contribution is -2.44. The predicted octanol–water partition coefficient (Wildman–Crippen LogP) is 0.466. The molecule has 24 heavy (non-hydrogen) atoms. The molecule has 1 aliphatic rings. The lowest BCUT2D eigenvalue weighted by Gasteiger charge is -2.37. The molecule has 0 bridgehead atoms. The van der Waals surface area contributed by atoms with E-state index < -0.39 is 38.5 Å². The molecule has 4 N–H and O–H groups in total.